The number of amides is 1. The van der Waals surface area contributed by atoms with Gasteiger partial charge < -0.3 is 4.90 Å². The van der Waals surface area contributed by atoms with Gasteiger partial charge in [0.25, 0.3) is 10.2 Å². The first-order valence-electron chi connectivity index (χ1n) is 9.40. The lowest BCUT2D eigenvalue weighted by Gasteiger charge is -2.31. The van der Waals surface area contributed by atoms with Crippen molar-refractivity contribution in [3.63, 3.8) is 0 Å². The van der Waals surface area contributed by atoms with Crippen LogP contribution in [0.5, 0.6) is 0 Å². The smallest absolute Gasteiger partial charge is 0.281 e. The second-order valence-electron chi connectivity index (χ2n) is 7.85. The number of hydrogen-bond donors (Lipinski definition) is 0. The van der Waals surface area contributed by atoms with Gasteiger partial charge in [-0.15, -0.1) is 0 Å². The van der Waals surface area contributed by atoms with Crippen molar-refractivity contribution in [1.29, 1.82) is 0 Å². The monoisotopic (exact) mass is 399 g/mol. The highest BCUT2D eigenvalue weighted by Gasteiger charge is 2.29. The Morgan fingerprint density at radius 1 is 1.19 bits per heavy atom. The van der Waals surface area contributed by atoms with Crippen molar-refractivity contribution < 1.29 is 13.2 Å². The van der Waals surface area contributed by atoms with E-state index in [1.54, 1.807) is 40.0 Å². The Balaban J connectivity index is 1.93. The first-order chi connectivity index (χ1) is 12.5. The van der Waals surface area contributed by atoms with Gasteiger partial charge >= 0.3 is 0 Å². The van der Waals surface area contributed by atoms with Gasteiger partial charge in [-0.1, -0.05) is 0 Å². The molecule has 1 aromatic heterocycles. The van der Waals surface area contributed by atoms with Crippen LogP contribution in [-0.4, -0.2) is 72.4 Å². The summed E-state index contributed by atoms with van der Waals surface area (Å²) in [6.07, 6.45) is 4.02. The number of hydrogen-bond acceptors (Lipinski definition) is 4. The van der Waals surface area contributed by atoms with Crippen LogP contribution in [0.1, 0.15) is 49.9 Å². The molecular formula is C18H33N5O3S. The minimum atomic E-state index is -3.34. The zero-order valence-corrected chi connectivity index (χ0v) is 18.2. The molecular weight excluding hydrogens is 366 g/mol. The molecule has 0 atom stereocenters. The topological polar surface area (TPSA) is 78.8 Å². The van der Waals surface area contributed by atoms with Crippen molar-refractivity contribution in [1.82, 2.24) is 23.3 Å². The molecule has 1 saturated carbocycles. The van der Waals surface area contributed by atoms with Gasteiger partial charge in [0.05, 0.1) is 17.9 Å². The van der Waals surface area contributed by atoms with Crippen molar-refractivity contribution in [3.05, 3.63) is 17.5 Å². The van der Waals surface area contributed by atoms with Crippen LogP contribution in [0.15, 0.2) is 6.07 Å². The second kappa shape index (κ2) is 8.70. The molecule has 0 aliphatic heterocycles. The van der Waals surface area contributed by atoms with E-state index in [-0.39, 0.29) is 5.91 Å². The highest BCUT2D eigenvalue weighted by atomic mass is 32.2. The summed E-state index contributed by atoms with van der Waals surface area (Å²) >= 11 is 0. The number of rotatable bonds is 7. The first-order valence-corrected chi connectivity index (χ1v) is 10.8. The third kappa shape index (κ3) is 5.30. The maximum absolute atomic E-state index is 12.2. The van der Waals surface area contributed by atoms with Crippen LogP contribution < -0.4 is 0 Å². The van der Waals surface area contributed by atoms with E-state index in [1.165, 1.54) is 8.61 Å². The van der Waals surface area contributed by atoms with Crippen LogP contribution >= 0.6 is 0 Å². The second-order valence-corrected chi connectivity index (χ2v) is 10.1. The van der Waals surface area contributed by atoms with E-state index in [0.29, 0.717) is 24.9 Å². The van der Waals surface area contributed by atoms with E-state index in [1.807, 2.05) is 11.7 Å². The van der Waals surface area contributed by atoms with Gasteiger partial charge in [0, 0.05) is 54.6 Å². The third-order valence-electron chi connectivity index (χ3n) is 5.57. The molecule has 9 heteroatoms. The lowest BCUT2D eigenvalue weighted by atomic mass is 9.80. The maximum Gasteiger partial charge on any atom is 0.281 e. The van der Waals surface area contributed by atoms with Crippen LogP contribution in [-0.2, 0) is 28.6 Å². The Morgan fingerprint density at radius 3 is 2.30 bits per heavy atom. The number of aromatic nitrogens is 2. The Labute approximate surface area is 163 Å². The molecule has 0 spiro atoms. The van der Waals surface area contributed by atoms with Crippen LogP contribution in [0.2, 0.25) is 0 Å². The zero-order valence-electron chi connectivity index (χ0n) is 17.3. The van der Waals surface area contributed by atoms with E-state index < -0.39 is 10.2 Å². The molecule has 0 bridgehead atoms. The van der Waals surface area contributed by atoms with Crippen LogP contribution in [0.25, 0.3) is 0 Å². The molecule has 0 radical (unpaired) electrons. The maximum atomic E-state index is 12.2. The molecule has 1 heterocycles. The first kappa shape index (κ1) is 21.8. The van der Waals surface area contributed by atoms with Gasteiger partial charge in [0.1, 0.15) is 0 Å². The van der Waals surface area contributed by atoms with Gasteiger partial charge in [0.15, 0.2) is 0 Å². The average Bonchev–Trinajstić information content (AvgIpc) is 2.95. The summed E-state index contributed by atoms with van der Waals surface area (Å²) in [5.41, 5.74) is 2.11. The van der Waals surface area contributed by atoms with E-state index in [4.69, 9.17) is 0 Å². The van der Waals surface area contributed by atoms with Gasteiger partial charge in [-0.2, -0.15) is 22.1 Å². The van der Waals surface area contributed by atoms with Gasteiger partial charge in [-0.3, -0.25) is 9.48 Å². The summed E-state index contributed by atoms with van der Waals surface area (Å²) in [4.78, 5) is 13.1. The molecule has 27 heavy (non-hydrogen) atoms. The SMILES string of the molecule is CC(=O)N(C)Cc1cc(C2CCC(CN(C)S(=O)(=O)N(C)C)CC2)nn1C. The number of aryl methyl sites for hydroxylation is 1. The van der Waals surface area contributed by atoms with Crippen molar-refractivity contribution in [2.75, 3.05) is 34.7 Å². The van der Waals surface area contributed by atoms with Crippen LogP contribution in [0, 0.1) is 5.92 Å². The molecule has 0 aromatic carbocycles. The Morgan fingerprint density at radius 2 is 1.78 bits per heavy atom. The molecule has 0 saturated heterocycles. The summed E-state index contributed by atoms with van der Waals surface area (Å²) in [7, 11) is 5.13. The highest BCUT2D eigenvalue weighted by Crippen LogP contribution is 2.36. The predicted octanol–water partition coefficient (Wildman–Crippen LogP) is 1.41. The largest absolute Gasteiger partial charge is 0.340 e. The number of carbonyl (C=O) groups is 1. The Hall–Kier alpha value is -1.45. The summed E-state index contributed by atoms with van der Waals surface area (Å²) in [5, 5.41) is 4.66. The minimum absolute atomic E-state index is 0.0371. The van der Waals surface area contributed by atoms with E-state index in [0.717, 1.165) is 37.1 Å². The molecule has 8 nitrogen and oxygen atoms in total. The number of carbonyl (C=O) groups excluding carboxylic acids is 1. The van der Waals surface area contributed by atoms with Crippen molar-refractivity contribution >= 4 is 16.1 Å². The van der Waals surface area contributed by atoms with Gasteiger partial charge in [-0.05, 0) is 37.7 Å². The fourth-order valence-electron chi connectivity index (χ4n) is 3.61. The third-order valence-corrected chi connectivity index (χ3v) is 7.43. The average molecular weight is 400 g/mol. The summed E-state index contributed by atoms with van der Waals surface area (Å²) < 4.78 is 28.9. The lowest BCUT2D eigenvalue weighted by molar-refractivity contribution is -0.128. The van der Waals surface area contributed by atoms with E-state index in [9.17, 15) is 13.2 Å². The molecule has 1 aliphatic rings. The van der Waals surface area contributed by atoms with Crippen molar-refractivity contribution in [2.24, 2.45) is 13.0 Å². The van der Waals surface area contributed by atoms with Crippen LogP contribution in [0.3, 0.4) is 0 Å². The molecule has 1 fully saturated rings. The minimum Gasteiger partial charge on any atom is -0.340 e. The van der Waals surface area contributed by atoms with E-state index >= 15 is 0 Å². The summed E-state index contributed by atoms with van der Waals surface area (Å²) in [6, 6.07) is 2.10. The van der Waals surface area contributed by atoms with Crippen molar-refractivity contribution in [2.45, 2.75) is 45.1 Å². The molecule has 0 N–H and O–H groups in total. The molecule has 0 unspecified atom stereocenters. The fraction of sp³-hybridized carbons (Fsp3) is 0.778. The summed E-state index contributed by atoms with van der Waals surface area (Å²) in [5.74, 6) is 0.822. The van der Waals surface area contributed by atoms with Crippen LogP contribution in [0.4, 0.5) is 0 Å². The summed E-state index contributed by atoms with van der Waals surface area (Å²) in [6.45, 7) is 2.68. The predicted molar refractivity (Wildman–Crippen MR) is 105 cm³/mol. The molecule has 2 rings (SSSR count). The van der Waals surface area contributed by atoms with Crippen molar-refractivity contribution in [3.8, 4) is 0 Å². The fourth-order valence-corrected chi connectivity index (χ4v) is 4.57. The quantitative estimate of drug-likeness (QED) is 0.694. The Bertz CT molecular complexity index is 751. The van der Waals surface area contributed by atoms with Gasteiger partial charge in [-0.25, -0.2) is 0 Å². The highest BCUT2D eigenvalue weighted by molar-refractivity contribution is 7.86. The molecule has 154 valence electrons. The molecule has 1 amide bonds. The lowest BCUT2D eigenvalue weighted by Crippen LogP contribution is -2.40. The molecule has 1 aliphatic carbocycles. The number of nitrogens with zero attached hydrogens (tertiary/aromatic N) is 5. The normalized spacial score (nSPS) is 21.0. The van der Waals surface area contributed by atoms with Gasteiger partial charge in [0.2, 0.25) is 5.91 Å². The Kier molecular flexibility index (Phi) is 7.04. The standard InChI is InChI=1S/C18H33N5O3S/c1-14(24)21(4)13-17-11-18(19-23(17)6)16-9-7-15(8-10-16)12-22(5)27(25,26)20(2)3/h11,15-16H,7-10,12-13H2,1-6H3. The van der Waals surface area contributed by atoms with E-state index in [2.05, 4.69) is 11.2 Å². The molecule has 1 aromatic rings. The zero-order chi connectivity index (χ0) is 20.4.